The number of sulfonamides is 1. The van der Waals surface area contributed by atoms with Gasteiger partial charge < -0.3 is 4.74 Å². The number of nitrogens with zero attached hydrogens (tertiary/aromatic N) is 3. The van der Waals surface area contributed by atoms with Crippen molar-refractivity contribution in [3.05, 3.63) is 65.1 Å². The molecule has 0 aliphatic heterocycles. The van der Waals surface area contributed by atoms with Crippen molar-refractivity contribution >= 4 is 10.0 Å². The molecule has 0 atom stereocenters. The highest BCUT2D eigenvalue weighted by Crippen LogP contribution is 2.17. The zero-order valence-corrected chi connectivity index (χ0v) is 15.8. The molecular weight excluding hydrogens is 368 g/mol. The van der Waals surface area contributed by atoms with E-state index in [1.165, 1.54) is 28.5 Å². The van der Waals surface area contributed by atoms with Gasteiger partial charge in [0.1, 0.15) is 5.75 Å². The molecule has 0 saturated heterocycles. The average molecular weight is 388 g/mol. The lowest BCUT2D eigenvalue weighted by Crippen LogP contribution is -2.31. The largest absolute Gasteiger partial charge is 0.497 e. The number of hydrogen-bond donors (Lipinski definition) is 1. The summed E-state index contributed by atoms with van der Waals surface area (Å²) in [6.07, 6.45) is 0. The highest BCUT2D eigenvalue weighted by molar-refractivity contribution is 7.89. The Bertz CT molecular complexity index is 1090. The lowest BCUT2D eigenvalue weighted by Gasteiger charge is -2.07. The van der Waals surface area contributed by atoms with Gasteiger partial charge in [0.05, 0.1) is 18.6 Å². The molecule has 27 heavy (non-hydrogen) atoms. The van der Waals surface area contributed by atoms with Gasteiger partial charge in [0.25, 0.3) is 0 Å². The Morgan fingerprint density at radius 2 is 1.85 bits per heavy atom. The third kappa shape index (κ3) is 4.09. The summed E-state index contributed by atoms with van der Waals surface area (Å²) in [5.74, 6) is 0.975. The van der Waals surface area contributed by atoms with Crippen LogP contribution < -0.4 is 15.1 Å². The monoisotopic (exact) mass is 388 g/mol. The summed E-state index contributed by atoms with van der Waals surface area (Å²) in [5, 5.41) is 4.31. The van der Waals surface area contributed by atoms with E-state index < -0.39 is 10.0 Å². The Kier molecular flexibility index (Phi) is 5.43. The molecule has 0 aliphatic rings. The Hall–Kier alpha value is -2.91. The van der Waals surface area contributed by atoms with Crippen LogP contribution in [0.1, 0.15) is 0 Å². The first-order chi connectivity index (χ1) is 12.9. The topological polar surface area (TPSA) is 95.2 Å². The predicted molar refractivity (Wildman–Crippen MR) is 101 cm³/mol. The van der Waals surface area contributed by atoms with Crippen molar-refractivity contribution in [2.75, 3.05) is 13.7 Å². The molecule has 1 heterocycles. The highest BCUT2D eigenvalue weighted by atomic mass is 32.2. The molecule has 9 heteroatoms. The third-order valence-electron chi connectivity index (χ3n) is 4.04. The zero-order valence-electron chi connectivity index (χ0n) is 15.0. The average Bonchev–Trinajstić information content (AvgIpc) is 2.97. The SMILES string of the molecule is COc1cccc(S(=O)(=O)NCCn2nc(-c3ccccc3)n(C)c2=O)c1. The molecule has 1 aromatic heterocycles. The van der Waals surface area contributed by atoms with Crippen LogP contribution in [-0.2, 0) is 23.6 Å². The Morgan fingerprint density at radius 1 is 1.11 bits per heavy atom. The molecule has 0 radical (unpaired) electrons. The Morgan fingerprint density at radius 3 is 2.56 bits per heavy atom. The summed E-state index contributed by atoms with van der Waals surface area (Å²) >= 11 is 0. The molecule has 0 amide bonds. The molecule has 0 bridgehead atoms. The van der Waals surface area contributed by atoms with Crippen LogP contribution in [0.25, 0.3) is 11.4 Å². The van der Waals surface area contributed by atoms with Crippen LogP contribution in [0, 0.1) is 0 Å². The first-order valence-electron chi connectivity index (χ1n) is 8.25. The van der Waals surface area contributed by atoms with Crippen molar-refractivity contribution in [2.45, 2.75) is 11.4 Å². The minimum Gasteiger partial charge on any atom is -0.497 e. The number of aromatic nitrogens is 3. The third-order valence-corrected chi connectivity index (χ3v) is 5.50. The Labute approximate surface area is 157 Å². The molecule has 3 rings (SSSR count). The second-order valence-corrected chi connectivity index (χ2v) is 7.60. The van der Waals surface area contributed by atoms with Crippen LogP contribution in [0.3, 0.4) is 0 Å². The van der Waals surface area contributed by atoms with Gasteiger partial charge in [-0.25, -0.2) is 22.6 Å². The van der Waals surface area contributed by atoms with E-state index in [4.69, 9.17) is 4.74 Å². The minimum absolute atomic E-state index is 0.0324. The molecule has 1 N–H and O–H groups in total. The van der Waals surface area contributed by atoms with Gasteiger partial charge in [0.2, 0.25) is 10.0 Å². The van der Waals surface area contributed by atoms with E-state index in [0.29, 0.717) is 11.6 Å². The molecule has 2 aromatic carbocycles. The summed E-state index contributed by atoms with van der Waals surface area (Å²) < 4.78 is 35.0. The number of rotatable bonds is 7. The van der Waals surface area contributed by atoms with Gasteiger partial charge in [-0.05, 0) is 12.1 Å². The van der Waals surface area contributed by atoms with Gasteiger partial charge in [0, 0.05) is 25.2 Å². The summed E-state index contributed by atoms with van der Waals surface area (Å²) in [4.78, 5) is 12.4. The van der Waals surface area contributed by atoms with E-state index in [2.05, 4.69) is 9.82 Å². The molecule has 142 valence electrons. The fraction of sp³-hybridized carbons (Fsp3) is 0.222. The van der Waals surface area contributed by atoms with Crippen molar-refractivity contribution < 1.29 is 13.2 Å². The second kappa shape index (κ2) is 7.77. The van der Waals surface area contributed by atoms with E-state index in [-0.39, 0.29) is 23.7 Å². The quantitative estimate of drug-likeness (QED) is 0.657. The zero-order chi connectivity index (χ0) is 19.4. The van der Waals surface area contributed by atoms with Gasteiger partial charge in [-0.3, -0.25) is 4.57 Å². The summed E-state index contributed by atoms with van der Waals surface area (Å²) in [5.41, 5.74) is 0.502. The maximum Gasteiger partial charge on any atom is 0.345 e. The van der Waals surface area contributed by atoms with Crippen LogP contribution in [0.15, 0.2) is 64.3 Å². The summed E-state index contributed by atoms with van der Waals surface area (Å²) in [6.45, 7) is 0.146. The van der Waals surface area contributed by atoms with Crippen LogP contribution in [-0.4, -0.2) is 36.4 Å². The molecule has 8 nitrogen and oxygen atoms in total. The number of methoxy groups -OCH3 is 1. The first kappa shape index (κ1) is 18.9. The van der Waals surface area contributed by atoms with E-state index in [9.17, 15) is 13.2 Å². The smallest absolute Gasteiger partial charge is 0.345 e. The maximum absolute atomic E-state index is 12.4. The molecule has 0 spiro atoms. The summed E-state index contributed by atoms with van der Waals surface area (Å²) in [6, 6.07) is 15.5. The van der Waals surface area contributed by atoms with Gasteiger partial charge in [0.15, 0.2) is 5.82 Å². The van der Waals surface area contributed by atoms with E-state index in [0.717, 1.165) is 5.56 Å². The first-order valence-corrected chi connectivity index (χ1v) is 9.73. The molecule has 0 saturated carbocycles. The minimum atomic E-state index is -3.71. The highest BCUT2D eigenvalue weighted by Gasteiger charge is 2.16. The van der Waals surface area contributed by atoms with Gasteiger partial charge >= 0.3 is 5.69 Å². The standard InChI is InChI=1S/C18H20N4O4S/c1-21-17(14-7-4-3-5-8-14)20-22(18(21)23)12-11-19-27(24,25)16-10-6-9-15(13-16)26-2/h3-10,13,19H,11-12H2,1-2H3. The van der Waals surface area contributed by atoms with Crippen molar-refractivity contribution in [3.8, 4) is 17.1 Å². The molecule has 0 aliphatic carbocycles. The Balaban J connectivity index is 1.73. The predicted octanol–water partition coefficient (Wildman–Crippen LogP) is 1.24. The van der Waals surface area contributed by atoms with E-state index >= 15 is 0 Å². The molecule has 3 aromatic rings. The van der Waals surface area contributed by atoms with E-state index in [1.54, 1.807) is 19.2 Å². The second-order valence-electron chi connectivity index (χ2n) is 5.83. The van der Waals surface area contributed by atoms with Gasteiger partial charge in [-0.15, -0.1) is 5.10 Å². The summed E-state index contributed by atoms with van der Waals surface area (Å²) in [7, 11) is -0.609. The number of ether oxygens (including phenoxy) is 1. The number of nitrogens with one attached hydrogen (secondary N) is 1. The number of benzene rings is 2. The number of hydrogen-bond acceptors (Lipinski definition) is 5. The van der Waals surface area contributed by atoms with Crippen LogP contribution in [0.2, 0.25) is 0 Å². The van der Waals surface area contributed by atoms with Crippen molar-refractivity contribution in [1.82, 2.24) is 19.1 Å². The van der Waals surface area contributed by atoms with Gasteiger partial charge in [-0.1, -0.05) is 36.4 Å². The molecule has 0 unspecified atom stereocenters. The van der Waals surface area contributed by atoms with Crippen molar-refractivity contribution in [3.63, 3.8) is 0 Å². The lowest BCUT2D eigenvalue weighted by atomic mass is 10.2. The fourth-order valence-corrected chi connectivity index (χ4v) is 3.67. The van der Waals surface area contributed by atoms with Crippen LogP contribution in [0.4, 0.5) is 0 Å². The molecular formula is C18H20N4O4S. The maximum atomic E-state index is 12.4. The van der Waals surface area contributed by atoms with Crippen molar-refractivity contribution in [2.24, 2.45) is 7.05 Å². The van der Waals surface area contributed by atoms with Crippen LogP contribution in [0.5, 0.6) is 5.75 Å². The van der Waals surface area contributed by atoms with Gasteiger partial charge in [-0.2, -0.15) is 0 Å². The fourth-order valence-electron chi connectivity index (χ4n) is 2.61. The van der Waals surface area contributed by atoms with E-state index in [1.807, 2.05) is 30.3 Å². The normalized spacial score (nSPS) is 11.5. The lowest BCUT2D eigenvalue weighted by molar-refractivity contribution is 0.413. The van der Waals surface area contributed by atoms with Crippen molar-refractivity contribution in [1.29, 1.82) is 0 Å². The molecule has 0 fully saturated rings. The van der Waals surface area contributed by atoms with Crippen LogP contribution >= 0.6 is 0 Å².